The summed E-state index contributed by atoms with van der Waals surface area (Å²) in [5.74, 6) is 0.606. The minimum atomic E-state index is -0.504. The molecule has 1 aliphatic heterocycles. The minimum Gasteiger partial charge on any atom is -0.497 e. The van der Waals surface area contributed by atoms with Crippen molar-refractivity contribution in [2.24, 2.45) is 0 Å². The molecule has 2 amide bonds. The highest BCUT2D eigenvalue weighted by molar-refractivity contribution is 6.46. The number of benzene rings is 3. The van der Waals surface area contributed by atoms with Crippen molar-refractivity contribution in [3.63, 3.8) is 0 Å². The molecule has 1 aliphatic rings. The Labute approximate surface area is 196 Å². The molecule has 33 heavy (non-hydrogen) atoms. The molecular formula is C25H21ClN2O5. The van der Waals surface area contributed by atoms with Crippen LogP contribution in [0.1, 0.15) is 5.56 Å². The molecule has 3 aromatic carbocycles. The number of anilines is 2. The molecule has 1 N–H and O–H groups in total. The third-order valence-electron chi connectivity index (χ3n) is 5.20. The first-order chi connectivity index (χ1) is 16.0. The van der Waals surface area contributed by atoms with Gasteiger partial charge in [-0.25, -0.2) is 4.90 Å². The number of halogens is 1. The molecule has 4 rings (SSSR count). The van der Waals surface area contributed by atoms with E-state index in [9.17, 15) is 9.59 Å². The van der Waals surface area contributed by atoms with Gasteiger partial charge in [-0.15, -0.1) is 0 Å². The van der Waals surface area contributed by atoms with Crippen LogP contribution in [0.4, 0.5) is 11.4 Å². The van der Waals surface area contributed by atoms with Gasteiger partial charge in [0.25, 0.3) is 11.8 Å². The lowest BCUT2D eigenvalue weighted by atomic mass is 10.0. The molecule has 0 saturated heterocycles. The Balaban J connectivity index is 1.83. The molecule has 8 heteroatoms. The van der Waals surface area contributed by atoms with Gasteiger partial charge in [0.1, 0.15) is 22.9 Å². The summed E-state index contributed by atoms with van der Waals surface area (Å²) in [5.41, 5.74) is 1.80. The molecule has 0 aliphatic carbocycles. The number of nitrogens with zero attached hydrogens (tertiary/aromatic N) is 1. The number of carbonyl (C=O) groups is 2. The first-order valence-corrected chi connectivity index (χ1v) is 10.4. The van der Waals surface area contributed by atoms with E-state index in [0.29, 0.717) is 39.2 Å². The summed E-state index contributed by atoms with van der Waals surface area (Å²) in [6, 6.07) is 18.6. The SMILES string of the molecule is COc1cccc(N2C(=O)C(Nc3ccc(OC)cc3OC)=C(c3ccc(Cl)cc3)C2=O)c1. The van der Waals surface area contributed by atoms with Crippen molar-refractivity contribution >= 4 is 40.4 Å². The van der Waals surface area contributed by atoms with Crippen LogP contribution in [0.15, 0.2) is 72.4 Å². The summed E-state index contributed by atoms with van der Waals surface area (Å²) >= 11 is 6.04. The van der Waals surface area contributed by atoms with Crippen molar-refractivity contribution in [3.05, 3.63) is 83.0 Å². The summed E-state index contributed by atoms with van der Waals surface area (Å²) in [6.07, 6.45) is 0. The molecule has 0 unspecified atom stereocenters. The summed E-state index contributed by atoms with van der Waals surface area (Å²) < 4.78 is 16.0. The van der Waals surface area contributed by atoms with E-state index in [2.05, 4.69) is 5.32 Å². The van der Waals surface area contributed by atoms with Crippen LogP contribution in [0.2, 0.25) is 5.02 Å². The highest BCUT2D eigenvalue weighted by Crippen LogP contribution is 2.37. The van der Waals surface area contributed by atoms with Gasteiger partial charge in [0.15, 0.2) is 0 Å². The zero-order valence-electron chi connectivity index (χ0n) is 18.2. The molecule has 7 nitrogen and oxygen atoms in total. The third kappa shape index (κ3) is 4.23. The fourth-order valence-electron chi connectivity index (χ4n) is 3.55. The molecule has 3 aromatic rings. The quantitative estimate of drug-likeness (QED) is 0.508. The number of hydrogen-bond donors (Lipinski definition) is 1. The van der Waals surface area contributed by atoms with E-state index in [-0.39, 0.29) is 11.3 Å². The Bertz CT molecular complexity index is 1250. The molecule has 0 fully saturated rings. The summed E-state index contributed by atoms with van der Waals surface area (Å²) in [7, 11) is 4.58. The van der Waals surface area contributed by atoms with Crippen molar-refractivity contribution in [3.8, 4) is 17.2 Å². The average Bonchev–Trinajstić information content (AvgIpc) is 3.09. The van der Waals surface area contributed by atoms with Crippen molar-refractivity contribution in [1.82, 2.24) is 0 Å². The van der Waals surface area contributed by atoms with Gasteiger partial charge >= 0.3 is 0 Å². The number of methoxy groups -OCH3 is 3. The summed E-state index contributed by atoms with van der Waals surface area (Å²) in [4.78, 5) is 28.2. The van der Waals surface area contributed by atoms with E-state index in [1.54, 1.807) is 73.8 Å². The topological polar surface area (TPSA) is 77.1 Å². The average molecular weight is 465 g/mol. The zero-order chi connectivity index (χ0) is 23.5. The van der Waals surface area contributed by atoms with Gasteiger partial charge in [-0.3, -0.25) is 9.59 Å². The van der Waals surface area contributed by atoms with E-state index in [0.717, 1.165) is 4.90 Å². The van der Waals surface area contributed by atoms with Crippen LogP contribution in [0.5, 0.6) is 17.2 Å². The zero-order valence-corrected chi connectivity index (χ0v) is 19.0. The smallest absolute Gasteiger partial charge is 0.282 e. The molecule has 0 saturated carbocycles. The first kappa shape index (κ1) is 22.2. The molecule has 0 atom stereocenters. The van der Waals surface area contributed by atoms with Crippen molar-refractivity contribution in [1.29, 1.82) is 0 Å². The van der Waals surface area contributed by atoms with Crippen molar-refractivity contribution in [2.75, 3.05) is 31.5 Å². The maximum absolute atomic E-state index is 13.5. The Kier molecular flexibility index (Phi) is 6.24. The van der Waals surface area contributed by atoms with Gasteiger partial charge in [-0.1, -0.05) is 29.8 Å². The molecule has 0 aromatic heterocycles. The third-order valence-corrected chi connectivity index (χ3v) is 5.45. The van der Waals surface area contributed by atoms with E-state index >= 15 is 0 Å². The van der Waals surface area contributed by atoms with Crippen molar-refractivity contribution < 1.29 is 23.8 Å². The highest BCUT2D eigenvalue weighted by atomic mass is 35.5. The predicted molar refractivity (Wildman–Crippen MR) is 127 cm³/mol. The highest BCUT2D eigenvalue weighted by Gasteiger charge is 2.40. The normalized spacial score (nSPS) is 13.4. The molecule has 168 valence electrons. The molecule has 1 heterocycles. The number of imide groups is 1. The van der Waals surface area contributed by atoms with E-state index in [1.165, 1.54) is 14.2 Å². The van der Waals surface area contributed by atoms with Gasteiger partial charge in [0.05, 0.1) is 38.3 Å². The van der Waals surface area contributed by atoms with Gasteiger partial charge in [-0.05, 0) is 42.0 Å². The molecule has 0 bridgehead atoms. The number of ether oxygens (including phenoxy) is 3. The number of hydrogen-bond acceptors (Lipinski definition) is 6. The fraction of sp³-hybridized carbons (Fsp3) is 0.120. The van der Waals surface area contributed by atoms with Crippen molar-refractivity contribution in [2.45, 2.75) is 0 Å². The van der Waals surface area contributed by atoms with Gasteiger partial charge < -0.3 is 19.5 Å². The van der Waals surface area contributed by atoms with Crippen LogP contribution < -0.4 is 24.4 Å². The standard InChI is InChI=1S/C25H21ClN2O5/c1-31-18-6-4-5-17(13-18)28-24(29)22(15-7-9-16(26)10-8-15)23(25(28)30)27-20-12-11-19(32-2)14-21(20)33-3/h4-14,27H,1-3H3. The van der Waals surface area contributed by atoms with E-state index in [4.69, 9.17) is 25.8 Å². The molecule has 0 spiro atoms. The second kappa shape index (κ2) is 9.26. The lowest BCUT2D eigenvalue weighted by Crippen LogP contribution is -2.32. The fourth-order valence-corrected chi connectivity index (χ4v) is 3.68. The summed E-state index contributed by atoms with van der Waals surface area (Å²) in [6.45, 7) is 0. The Morgan fingerprint density at radius 3 is 2.15 bits per heavy atom. The van der Waals surface area contributed by atoms with Crippen LogP contribution in [0.3, 0.4) is 0 Å². The lowest BCUT2D eigenvalue weighted by molar-refractivity contribution is -0.120. The van der Waals surface area contributed by atoms with Crippen LogP contribution in [0.25, 0.3) is 5.57 Å². The Morgan fingerprint density at radius 1 is 0.788 bits per heavy atom. The number of amides is 2. The van der Waals surface area contributed by atoms with Crippen LogP contribution in [-0.4, -0.2) is 33.1 Å². The molecular weight excluding hydrogens is 444 g/mol. The predicted octanol–water partition coefficient (Wildman–Crippen LogP) is 4.76. The maximum atomic E-state index is 13.5. The van der Waals surface area contributed by atoms with Gasteiger partial charge in [0, 0.05) is 17.2 Å². The van der Waals surface area contributed by atoms with Crippen LogP contribution >= 0.6 is 11.6 Å². The number of rotatable bonds is 7. The first-order valence-electron chi connectivity index (χ1n) is 9.99. The largest absolute Gasteiger partial charge is 0.497 e. The van der Waals surface area contributed by atoms with E-state index in [1.807, 2.05) is 0 Å². The second-order valence-electron chi connectivity index (χ2n) is 7.10. The minimum absolute atomic E-state index is 0.119. The number of carbonyl (C=O) groups excluding carboxylic acids is 2. The van der Waals surface area contributed by atoms with E-state index < -0.39 is 11.8 Å². The monoisotopic (exact) mass is 464 g/mol. The Morgan fingerprint density at radius 2 is 1.48 bits per heavy atom. The maximum Gasteiger partial charge on any atom is 0.282 e. The second-order valence-corrected chi connectivity index (χ2v) is 7.53. The van der Waals surface area contributed by atoms with Crippen LogP contribution in [-0.2, 0) is 9.59 Å². The lowest BCUT2D eigenvalue weighted by Gasteiger charge is -2.17. The molecule has 0 radical (unpaired) electrons. The Hall–Kier alpha value is -3.97. The van der Waals surface area contributed by atoms with Gasteiger partial charge in [0.2, 0.25) is 0 Å². The van der Waals surface area contributed by atoms with Gasteiger partial charge in [-0.2, -0.15) is 0 Å². The van der Waals surface area contributed by atoms with Crippen LogP contribution in [0, 0.1) is 0 Å². The number of nitrogens with one attached hydrogen (secondary N) is 1. The summed E-state index contributed by atoms with van der Waals surface area (Å²) in [5, 5.41) is 3.63.